The van der Waals surface area contributed by atoms with Crippen LogP contribution < -0.4 is 0 Å². The molecular formula is C23H32N4O. The van der Waals surface area contributed by atoms with Crippen LogP contribution in [0.1, 0.15) is 72.8 Å². The van der Waals surface area contributed by atoms with E-state index in [0.717, 1.165) is 68.2 Å². The molecule has 2 aliphatic rings. The Hall–Kier alpha value is -2.14. The number of hydrogen-bond acceptors (Lipinski definition) is 3. The Kier molecular flexibility index (Phi) is 5.28. The standard InChI is InChI=1S/C23H32N4O/c1-5-25-11-13-26(14-12-25)23(28)20-21(18-9-10-18)24-27(22(20)16(2)3)19-8-6-7-17(4)15-19/h6-8,15-16,18H,5,9-14H2,1-4H3. The highest BCUT2D eigenvalue weighted by atomic mass is 16.2. The zero-order chi connectivity index (χ0) is 19.8. The van der Waals surface area contributed by atoms with E-state index < -0.39 is 0 Å². The van der Waals surface area contributed by atoms with Gasteiger partial charge in [-0.15, -0.1) is 0 Å². The first-order valence-corrected chi connectivity index (χ1v) is 10.7. The van der Waals surface area contributed by atoms with E-state index >= 15 is 0 Å². The van der Waals surface area contributed by atoms with E-state index in [4.69, 9.17) is 5.10 Å². The number of hydrogen-bond donors (Lipinski definition) is 0. The van der Waals surface area contributed by atoms with Gasteiger partial charge in [0.15, 0.2) is 0 Å². The molecule has 0 unspecified atom stereocenters. The first kappa shape index (κ1) is 19.2. The summed E-state index contributed by atoms with van der Waals surface area (Å²) in [5.41, 5.74) is 5.23. The van der Waals surface area contributed by atoms with Crippen LogP contribution in [-0.2, 0) is 0 Å². The Morgan fingerprint density at radius 2 is 1.89 bits per heavy atom. The van der Waals surface area contributed by atoms with E-state index in [0.29, 0.717) is 5.92 Å². The minimum Gasteiger partial charge on any atom is -0.336 e. The van der Waals surface area contributed by atoms with Crippen LogP contribution in [0.15, 0.2) is 24.3 Å². The minimum atomic E-state index is 0.181. The molecule has 0 bridgehead atoms. The number of aromatic nitrogens is 2. The largest absolute Gasteiger partial charge is 0.336 e. The SMILES string of the molecule is CCN1CCN(C(=O)c2c(C3CC3)nn(-c3cccc(C)c3)c2C(C)C)CC1. The molecule has 28 heavy (non-hydrogen) atoms. The van der Waals surface area contributed by atoms with Gasteiger partial charge in [0.25, 0.3) is 5.91 Å². The van der Waals surface area contributed by atoms with Gasteiger partial charge in [-0.1, -0.05) is 32.9 Å². The zero-order valence-corrected chi connectivity index (χ0v) is 17.6. The average Bonchev–Trinajstić information content (AvgIpc) is 3.46. The van der Waals surface area contributed by atoms with Crippen LogP contribution in [-0.4, -0.2) is 58.2 Å². The molecule has 2 heterocycles. The molecule has 4 rings (SSSR count). The molecule has 5 heteroatoms. The highest BCUT2D eigenvalue weighted by molar-refractivity contribution is 5.97. The molecule has 1 aliphatic carbocycles. The average molecular weight is 381 g/mol. The molecule has 1 aromatic heterocycles. The molecule has 0 atom stereocenters. The molecule has 0 spiro atoms. The van der Waals surface area contributed by atoms with Crippen molar-refractivity contribution in [2.24, 2.45) is 0 Å². The molecule has 2 fully saturated rings. The predicted octanol–water partition coefficient (Wildman–Crippen LogP) is 3.96. The molecule has 150 valence electrons. The second kappa shape index (κ2) is 7.70. The van der Waals surface area contributed by atoms with Gasteiger partial charge in [0.2, 0.25) is 0 Å². The van der Waals surface area contributed by atoms with Gasteiger partial charge in [-0.2, -0.15) is 5.10 Å². The lowest BCUT2D eigenvalue weighted by molar-refractivity contribution is 0.0640. The Morgan fingerprint density at radius 1 is 1.18 bits per heavy atom. The number of carbonyl (C=O) groups is 1. The number of carbonyl (C=O) groups excluding carboxylic acids is 1. The Labute approximate surface area is 168 Å². The summed E-state index contributed by atoms with van der Waals surface area (Å²) in [5, 5.41) is 5.01. The third-order valence-corrected chi connectivity index (χ3v) is 6.03. The maximum Gasteiger partial charge on any atom is 0.257 e. The topological polar surface area (TPSA) is 41.4 Å². The van der Waals surface area contributed by atoms with Crippen molar-refractivity contribution >= 4 is 5.91 Å². The monoisotopic (exact) mass is 380 g/mol. The van der Waals surface area contributed by atoms with E-state index in [1.54, 1.807) is 0 Å². The van der Waals surface area contributed by atoms with Gasteiger partial charge in [-0.05, 0) is 49.9 Å². The Morgan fingerprint density at radius 3 is 2.46 bits per heavy atom. The summed E-state index contributed by atoms with van der Waals surface area (Å²) in [6, 6.07) is 8.42. The van der Waals surface area contributed by atoms with Crippen molar-refractivity contribution in [1.82, 2.24) is 19.6 Å². The van der Waals surface area contributed by atoms with Gasteiger partial charge in [0.05, 0.1) is 22.6 Å². The summed E-state index contributed by atoms with van der Waals surface area (Å²) in [7, 11) is 0. The van der Waals surface area contributed by atoms with Crippen molar-refractivity contribution in [3.63, 3.8) is 0 Å². The summed E-state index contributed by atoms with van der Waals surface area (Å²) in [6.45, 7) is 13.2. The first-order chi connectivity index (χ1) is 13.5. The van der Waals surface area contributed by atoms with E-state index in [1.807, 2.05) is 9.58 Å². The molecule has 1 saturated carbocycles. The maximum absolute atomic E-state index is 13.6. The van der Waals surface area contributed by atoms with Crippen molar-refractivity contribution in [2.45, 2.75) is 52.4 Å². The first-order valence-electron chi connectivity index (χ1n) is 10.7. The van der Waals surface area contributed by atoms with Gasteiger partial charge in [-0.3, -0.25) is 4.79 Å². The normalized spacial score (nSPS) is 18.1. The fourth-order valence-electron chi connectivity index (χ4n) is 4.23. The third-order valence-electron chi connectivity index (χ3n) is 6.03. The molecule has 2 aromatic rings. The quantitative estimate of drug-likeness (QED) is 0.788. The van der Waals surface area contributed by atoms with Crippen LogP contribution >= 0.6 is 0 Å². The highest BCUT2D eigenvalue weighted by Gasteiger charge is 2.37. The molecule has 0 radical (unpaired) electrons. The number of rotatable bonds is 5. The molecular weight excluding hydrogens is 348 g/mol. The van der Waals surface area contributed by atoms with E-state index in [1.165, 1.54) is 5.56 Å². The lowest BCUT2D eigenvalue weighted by Gasteiger charge is -2.34. The van der Waals surface area contributed by atoms with Crippen LogP contribution in [0.2, 0.25) is 0 Å². The highest BCUT2D eigenvalue weighted by Crippen LogP contribution is 2.43. The molecule has 1 amide bonds. The van der Waals surface area contributed by atoms with Gasteiger partial charge >= 0.3 is 0 Å². The number of aryl methyl sites for hydroxylation is 1. The third kappa shape index (κ3) is 3.60. The fourth-order valence-corrected chi connectivity index (χ4v) is 4.23. The van der Waals surface area contributed by atoms with E-state index in [9.17, 15) is 4.79 Å². The zero-order valence-electron chi connectivity index (χ0n) is 17.6. The number of benzene rings is 1. The molecule has 1 aliphatic heterocycles. The van der Waals surface area contributed by atoms with Crippen LogP contribution in [0, 0.1) is 6.92 Å². The predicted molar refractivity (Wildman–Crippen MR) is 112 cm³/mol. The summed E-state index contributed by atoms with van der Waals surface area (Å²) in [4.78, 5) is 18.1. The second-order valence-corrected chi connectivity index (χ2v) is 8.55. The summed E-state index contributed by atoms with van der Waals surface area (Å²) in [5.74, 6) is 0.857. The van der Waals surface area contributed by atoms with E-state index in [2.05, 4.69) is 56.9 Å². The number of piperazine rings is 1. The number of likely N-dealkylation sites (N-methyl/N-ethyl adjacent to an activating group) is 1. The summed E-state index contributed by atoms with van der Waals surface area (Å²) >= 11 is 0. The Balaban J connectivity index is 1.76. The van der Waals surface area contributed by atoms with Crippen molar-refractivity contribution in [3.05, 3.63) is 46.8 Å². The van der Waals surface area contributed by atoms with Gasteiger partial charge in [0.1, 0.15) is 0 Å². The van der Waals surface area contributed by atoms with E-state index in [-0.39, 0.29) is 11.8 Å². The van der Waals surface area contributed by atoms with Crippen LogP contribution in [0.5, 0.6) is 0 Å². The summed E-state index contributed by atoms with van der Waals surface area (Å²) < 4.78 is 2.04. The minimum absolute atomic E-state index is 0.181. The van der Waals surface area contributed by atoms with Crippen LogP contribution in [0.25, 0.3) is 5.69 Å². The van der Waals surface area contributed by atoms with Crippen molar-refractivity contribution in [1.29, 1.82) is 0 Å². The van der Waals surface area contributed by atoms with Gasteiger partial charge in [0, 0.05) is 32.1 Å². The smallest absolute Gasteiger partial charge is 0.257 e. The van der Waals surface area contributed by atoms with Crippen LogP contribution in [0.4, 0.5) is 0 Å². The van der Waals surface area contributed by atoms with Crippen molar-refractivity contribution < 1.29 is 4.79 Å². The van der Waals surface area contributed by atoms with Crippen molar-refractivity contribution in [3.8, 4) is 5.69 Å². The molecule has 0 N–H and O–H groups in total. The van der Waals surface area contributed by atoms with Crippen LogP contribution in [0.3, 0.4) is 0 Å². The van der Waals surface area contributed by atoms with Crippen molar-refractivity contribution in [2.75, 3.05) is 32.7 Å². The molecule has 5 nitrogen and oxygen atoms in total. The number of nitrogens with zero attached hydrogens (tertiary/aromatic N) is 4. The fraction of sp³-hybridized carbons (Fsp3) is 0.565. The Bertz CT molecular complexity index is 857. The second-order valence-electron chi connectivity index (χ2n) is 8.55. The maximum atomic E-state index is 13.6. The lowest BCUT2D eigenvalue weighted by atomic mass is 10.00. The molecule has 1 aromatic carbocycles. The molecule has 1 saturated heterocycles. The lowest BCUT2D eigenvalue weighted by Crippen LogP contribution is -2.48. The summed E-state index contributed by atoms with van der Waals surface area (Å²) in [6.07, 6.45) is 2.29. The number of amides is 1. The van der Waals surface area contributed by atoms with Gasteiger partial charge in [-0.25, -0.2) is 4.68 Å². The van der Waals surface area contributed by atoms with Gasteiger partial charge < -0.3 is 9.80 Å².